The summed E-state index contributed by atoms with van der Waals surface area (Å²) in [5, 5.41) is 0. The molecule has 0 spiro atoms. The average molecular weight is 257 g/mol. The molecule has 1 saturated carbocycles. The summed E-state index contributed by atoms with van der Waals surface area (Å²) in [4.78, 5) is 14.2. The van der Waals surface area contributed by atoms with E-state index in [9.17, 15) is 4.79 Å². The molecule has 1 amide bonds. The van der Waals surface area contributed by atoms with Crippen LogP contribution in [0.2, 0.25) is 0 Å². The van der Waals surface area contributed by atoms with Crippen LogP contribution in [-0.4, -0.2) is 43.2 Å². The van der Waals surface area contributed by atoms with Crippen LogP contribution in [0, 0.1) is 5.92 Å². The second kappa shape index (κ2) is 7.71. The first kappa shape index (κ1) is 15.4. The van der Waals surface area contributed by atoms with E-state index in [0.717, 1.165) is 25.3 Å². The number of nitrogens with two attached hydrogens (primary N) is 1. The summed E-state index contributed by atoms with van der Waals surface area (Å²) in [5.41, 5.74) is 2.30. The van der Waals surface area contributed by atoms with Gasteiger partial charge in [-0.25, -0.2) is 5.84 Å². The SMILES string of the molecule is CCCC(C(=O)NN)N(CCOC)C(C)C1CC1. The van der Waals surface area contributed by atoms with Gasteiger partial charge in [0.1, 0.15) is 0 Å². The summed E-state index contributed by atoms with van der Waals surface area (Å²) in [6.07, 6.45) is 4.35. The van der Waals surface area contributed by atoms with Gasteiger partial charge in [0.2, 0.25) is 0 Å². The lowest BCUT2D eigenvalue weighted by atomic mass is 10.0. The van der Waals surface area contributed by atoms with Crippen molar-refractivity contribution in [3.8, 4) is 0 Å². The van der Waals surface area contributed by atoms with Crippen LogP contribution in [0.15, 0.2) is 0 Å². The van der Waals surface area contributed by atoms with Gasteiger partial charge in [-0.05, 0) is 32.1 Å². The highest BCUT2D eigenvalue weighted by atomic mass is 16.5. The van der Waals surface area contributed by atoms with Gasteiger partial charge in [-0.15, -0.1) is 0 Å². The van der Waals surface area contributed by atoms with E-state index in [-0.39, 0.29) is 11.9 Å². The number of methoxy groups -OCH3 is 1. The maximum atomic E-state index is 11.9. The van der Waals surface area contributed by atoms with Crippen LogP contribution in [0.5, 0.6) is 0 Å². The number of carbonyl (C=O) groups is 1. The van der Waals surface area contributed by atoms with E-state index in [1.807, 2.05) is 0 Å². The number of hydrogen-bond donors (Lipinski definition) is 2. The first-order chi connectivity index (χ1) is 8.65. The number of amides is 1. The highest BCUT2D eigenvalue weighted by Crippen LogP contribution is 2.36. The number of hydrazine groups is 1. The fourth-order valence-electron chi connectivity index (χ4n) is 2.51. The molecule has 0 bridgehead atoms. The van der Waals surface area contributed by atoms with E-state index in [2.05, 4.69) is 24.2 Å². The van der Waals surface area contributed by atoms with Gasteiger partial charge in [0.25, 0.3) is 5.91 Å². The molecule has 0 radical (unpaired) electrons. The number of nitrogens with one attached hydrogen (secondary N) is 1. The third-order valence-electron chi connectivity index (χ3n) is 3.79. The van der Waals surface area contributed by atoms with Gasteiger partial charge < -0.3 is 4.74 Å². The molecule has 5 heteroatoms. The van der Waals surface area contributed by atoms with Crippen LogP contribution >= 0.6 is 0 Å². The molecule has 0 aromatic rings. The number of carbonyl (C=O) groups excluding carboxylic acids is 1. The van der Waals surface area contributed by atoms with Gasteiger partial charge in [-0.1, -0.05) is 13.3 Å². The molecule has 0 heterocycles. The van der Waals surface area contributed by atoms with Gasteiger partial charge in [0, 0.05) is 19.7 Å². The molecule has 5 nitrogen and oxygen atoms in total. The zero-order valence-electron chi connectivity index (χ0n) is 11.8. The second-order valence-corrected chi connectivity index (χ2v) is 5.12. The Morgan fingerprint density at radius 2 is 2.22 bits per heavy atom. The molecule has 1 rings (SSSR count). The molecule has 0 aliphatic heterocycles. The first-order valence-electron chi connectivity index (χ1n) is 6.90. The Hall–Kier alpha value is -0.650. The number of hydrogen-bond acceptors (Lipinski definition) is 4. The Labute approximate surface area is 110 Å². The Morgan fingerprint density at radius 3 is 2.67 bits per heavy atom. The lowest BCUT2D eigenvalue weighted by Gasteiger charge is -2.35. The maximum absolute atomic E-state index is 11.9. The standard InChI is InChI=1S/C13H27N3O2/c1-4-5-12(13(17)15-14)16(8-9-18-3)10(2)11-6-7-11/h10-12H,4-9,14H2,1-3H3,(H,15,17). The third kappa shape index (κ3) is 4.23. The van der Waals surface area contributed by atoms with Crippen molar-refractivity contribution in [1.82, 2.24) is 10.3 Å². The largest absolute Gasteiger partial charge is 0.383 e. The van der Waals surface area contributed by atoms with Gasteiger partial charge in [0.15, 0.2) is 0 Å². The van der Waals surface area contributed by atoms with Gasteiger partial charge in [0.05, 0.1) is 12.6 Å². The summed E-state index contributed by atoms with van der Waals surface area (Å²) in [6, 6.07) is 0.291. The topological polar surface area (TPSA) is 67.6 Å². The maximum Gasteiger partial charge on any atom is 0.251 e. The molecular weight excluding hydrogens is 230 g/mol. The van der Waals surface area contributed by atoms with Crippen molar-refractivity contribution in [2.75, 3.05) is 20.3 Å². The lowest BCUT2D eigenvalue weighted by Crippen LogP contribution is -2.53. The van der Waals surface area contributed by atoms with Crippen molar-refractivity contribution < 1.29 is 9.53 Å². The molecule has 0 aromatic heterocycles. The minimum atomic E-state index is -0.134. The minimum Gasteiger partial charge on any atom is -0.383 e. The number of nitrogens with zero attached hydrogens (tertiary/aromatic N) is 1. The van der Waals surface area contributed by atoms with Crippen molar-refractivity contribution in [1.29, 1.82) is 0 Å². The summed E-state index contributed by atoms with van der Waals surface area (Å²) >= 11 is 0. The van der Waals surface area contributed by atoms with E-state index in [4.69, 9.17) is 10.6 Å². The summed E-state index contributed by atoms with van der Waals surface area (Å²) in [7, 11) is 1.69. The van der Waals surface area contributed by atoms with Crippen molar-refractivity contribution in [3.63, 3.8) is 0 Å². The van der Waals surface area contributed by atoms with E-state index in [0.29, 0.717) is 12.6 Å². The van der Waals surface area contributed by atoms with Crippen LogP contribution in [-0.2, 0) is 9.53 Å². The quantitative estimate of drug-likeness (QED) is 0.366. The van der Waals surface area contributed by atoms with Gasteiger partial charge in [-0.2, -0.15) is 0 Å². The molecule has 18 heavy (non-hydrogen) atoms. The zero-order chi connectivity index (χ0) is 13.5. The second-order valence-electron chi connectivity index (χ2n) is 5.12. The van der Waals surface area contributed by atoms with Crippen LogP contribution in [0.3, 0.4) is 0 Å². The van der Waals surface area contributed by atoms with E-state index >= 15 is 0 Å². The normalized spacial score (nSPS) is 18.7. The first-order valence-corrected chi connectivity index (χ1v) is 6.90. The molecule has 106 valence electrons. The predicted molar refractivity (Wildman–Crippen MR) is 71.8 cm³/mol. The predicted octanol–water partition coefficient (Wildman–Crippen LogP) is 0.892. The average Bonchev–Trinajstić information content (AvgIpc) is 3.20. The van der Waals surface area contributed by atoms with Crippen LogP contribution in [0.1, 0.15) is 39.5 Å². The molecule has 2 unspecified atom stereocenters. The molecule has 2 atom stereocenters. The lowest BCUT2D eigenvalue weighted by molar-refractivity contribution is -0.128. The number of ether oxygens (including phenoxy) is 1. The Kier molecular flexibility index (Phi) is 6.60. The molecular formula is C13H27N3O2. The zero-order valence-corrected chi connectivity index (χ0v) is 11.8. The Morgan fingerprint density at radius 1 is 1.56 bits per heavy atom. The van der Waals surface area contributed by atoms with E-state index in [1.165, 1.54) is 12.8 Å². The fourth-order valence-corrected chi connectivity index (χ4v) is 2.51. The Bertz CT molecular complexity index is 257. The van der Waals surface area contributed by atoms with Crippen molar-refractivity contribution >= 4 is 5.91 Å². The monoisotopic (exact) mass is 257 g/mol. The van der Waals surface area contributed by atoms with Gasteiger partial charge in [-0.3, -0.25) is 15.1 Å². The van der Waals surface area contributed by atoms with Crippen molar-refractivity contribution in [3.05, 3.63) is 0 Å². The molecule has 1 aliphatic rings. The minimum absolute atomic E-state index is 0.0829. The molecule has 3 N–H and O–H groups in total. The third-order valence-corrected chi connectivity index (χ3v) is 3.79. The highest BCUT2D eigenvalue weighted by molar-refractivity contribution is 5.81. The molecule has 1 aliphatic carbocycles. The van der Waals surface area contributed by atoms with Crippen molar-refractivity contribution in [2.45, 2.75) is 51.6 Å². The summed E-state index contributed by atoms with van der Waals surface area (Å²) in [6.45, 7) is 5.73. The number of rotatable bonds is 9. The Balaban J connectivity index is 2.71. The van der Waals surface area contributed by atoms with E-state index in [1.54, 1.807) is 7.11 Å². The summed E-state index contributed by atoms with van der Waals surface area (Å²) < 4.78 is 5.16. The smallest absolute Gasteiger partial charge is 0.251 e. The fraction of sp³-hybridized carbons (Fsp3) is 0.923. The van der Waals surface area contributed by atoms with Crippen LogP contribution < -0.4 is 11.3 Å². The highest BCUT2D eigenvalue weighted by Gasteiger charge is 2.36. The van der Waals surface area contributed by atoms with Crippen molar-refractivity contribution in [2.24, 2.45) is 11.8 Å². The molecule has 0 aromatic carbocycles. The van der Waals surface area contributed by atoms with Crippen LogP contribution in [0.4, 0.5) is 0 Å². The van der Waals surface area contributed by atoms with Crippen LogP contribution in [0.25, 0.3) is 0 Å². The molecule has 1 fully saturated rings. The summed E-state index contributed by atoms with van der Waals surface area (Å²) in [5.74, 6) is 5.95. The van der Waals surface area contributed by atoms with Gasteiger partial charge >= 0.3 is 0 Å². The van der Waals surface area contributed by atoms with E-state index < -0.39 is 0 Å². The molecule has 0 saturated heterocycles.